The molecule has 5 nitrogen and oxygen atoms in total. The highest BCUT2D eigenvalue weighted by Crippen LogP contribution is 2.26. The van der Waals surface area contributed by atoms with Gasteiger partial charge in [-0.25, -0.2) is 15.0 Å². The van der Waals surface area contributed by atoms with Gasteiger partial charge in [-0.2, -0.15) is 4.73 Å². The molecule has 5 rings (SSSR count). The van der Waals surface area contributed by atoms with E-state index in [0.717, 1.165) is 26.8 Å². The summed E-state index contributed by atoms with van der Waals surface area (Å²) in [7, 11) is 0. The molecule has 0 bridgehead atoms. The zero-order valence-corrected chi connectivity index (χ0v) is 13.5. The summed E-state index contributed by atoms with van der Waals surface area (Å²) >= 11 is 0. The van der Waals surface area contributed by atoms with Gasteiger partial charge in [0.15, 0.2) is 5.82 Å². The minimum absolute atomic E-state index is 0.613. The summed E-state index contributed by atoms with van der Waals surface area (Å²) in [6.45, 7) is 2.05. The highest BCUT2D eigenvalue weighted by atomic mass is 16.5. The average Bonchev–Trinajstić information content (AvgIpc) is 3.04. The Labute approximate surface area is 143 Å². The lowest BCUT2D eigenvalue weighted by atomic mass is 10.1. The van der Waals surface area contributed by atoms with Crippen molar-refractivity contribution in [1.82, 2.24) is 19.7 Å². The molecule has 0 aliphatic heterocycles. The number of rotatable bonds is 1. The lowest BCUT2D eigenvalue weighted by molar-refractivity contribution is 0.211. The summed E-state index contributed by atoms with van der Waals surface area (Å²) in [5.74, 6) is 0.680. The first-order valence-electron chi connectivity index (χ1n) is 8.04. The molecule has 1 N–H and O–H groups in total. The Morgan fingerprint density at radius 2 is 1.44 bits per heavy atom. The molecule has 0 amide bonds. The Kier molecular flexibility index (Phi) is 2.79. The summed E-state index contributed by atoms with van der Waals surface area (Å²) in [6, 6.07) is 19.3. The van der Waals surface area contributed by atoms with E-state index in [-0.39, 0.29) is 0 Å². The van der Waals surface area contributed by atoms with E-state index in [1.165, 1.54) is 5.56 Å². The summed E-state index contributed by atoms with van der Waals surface area (Å²) in [6.07, 6.45) is 0. The van der Waals surface area contributed by atoms with Gasteiger partial charge in [0.05, 0.1) is 22.1 Å². The summed E-state index contributed by atoms with van der Waals surface area (Å²) < 4.78 is 1.16. The second-order valence-electron chi connectivity index (χ2n) is 6.16. The van der Waals surface area contributed by atoms with Crippen molar-refractivity contribution in [3.05, 3.63) is 66.2 Å². The van der Waals surface area contributed by atoms with Crippen LogP contribution in [0.2, 0.25) is 0 Å². The highest BCUT2D eigenvalue weighted by molar-refractivity contribution is 5.96. The molecule has 5 aromatic rings. The number of hydrogen-bond acceptors (Lipinski definition) is 4. The maximum absolute atomic E-state index is 10.6. The molecule has 2 aromatic heterocycles. The van der Waals surface area contributed by atoms with E-state index in [4.69, 9.17) is 0 Å². The standard InChI is InChI=1S/C20H14N4O/c1-12-6-8-13(9-7-12)20-22-15-10-17-19(11-16(15)23-20)24(25)18-5-3-2-4-14(18)21-17/h2-11,25H,1H3. The molecule has 25 heavy (non-hydrogen) atoms. The molecule has 0 unspecified atom stereocenters. The summed E-state index contributed by atoms with van der Waals surface area (Å²) in [5.41, 5.74) is 6.37. The van der Waals surface area contributed by atoms with E-state index in [9.17, 15) is 5.21 Å². The van der Waals surface area contributed by atoms with Crippen LogP contribution < -0.4 is 0 Å². The maximum Gasteiger partial charge on any atom is 0.160 e. The summed E-state index contributed by atoms with van der Waals surface area (Å²) in [4.78, 5) is 13.9. The lowest BCUT2D eigenvalue weighted by Gasteiger charge is -2.07. The second-order valence-corrected chi connectivity index (χ2v) is 6.16. The molecule has 120 valence electrons. The van der Waals surface area contributed by atoms with Gasteiger partial charge in [0.2, 0.25) is 0 Å². The molecule has 3 aromatic carbocycles. The minimum atomic E-state index is 0.613. The predicted octanol–water partition coefficient (Wildman–Crippen LogP) is 4.35. The number of para-hydroxylation sites is 2. The fourth-order valence-electron chi connectivity index (χ4n) is 3.08. The van der Waals surface area contributed by atoms with Gasteiger partial charge in [-0.1, -0.05) is 42.0 Å². The van der Waals surface area contributed by atoms with Crippen molar-refractivity contribution in [3.8, 4) is 11.4 Å². The molecule has 5 heteroatoms. The lowest BCUT2D eigenvalue weighted by Crippen LogP contribution is -1.99. The fraction of sp³-hybridized carbons (Fsp3) is 0.0500. The number of fused-ring (bicyclic) bond motifs is 3. The van der Waals surface area contributed by atoms with E-state index in [1.807, 2.05) is 60.7 Å². The molecular formula is C20H14N4O. The SMILES string of the molecule is Cc1ccc(-c2nc3cc4nc5ccccc5n(O)c4cc3n2)cc1. The third-order valence-corrected chi connectivity index (χ3v) is 4.41. The first-order chi connectivity index (χ1) is 12.2. The largest absolute Gasteiger partial charge is 0.428 e. The number of benzene rings is 3. The van der Waals surface area contributed by atoms with E-state index in [2.05, 4.69) is 21.9 Å². The van der Waals surface area contributed by atoms with Gasteiger partial charge in [-0.05, 0) is 31.2 Å². The quantitative estimate of drug-likeness (QED) is 0.367. The van der Waals surface area contributed by atoms with Crippen molar-refractivity contribution in [1.29, 1.82) is 0 Å². The van der Waals surface area contributed by atoms with Crippen molar-refractivity contribution in [2.24, 2.45) is 0 Å². The number of aryl methyl sites for hydroxylation is 1. The predicted molar refractivity (Wildman–Crippen MR) is 97.7 cm³/mol. The van der Waals surface area contributed by atoms with Crippen molar-refractivity contribution in [3.63, 3.8) is 0 Å². The number of nitrogens with zero attached hydrogens (tertiary/aromatic N) is 4. The molecule has 0 fully saturated rings. The first-order valence-corrected chi connectivity index (χ1v) is 8.04. The van der Waals surface area contributed by atoms with Gasteiger partial charge in [-0.15, -0.1) is 0 Å². The van der Waals surface area contributed by atoms with Crippen molar-refractivity contribution in [2.75, 3.05) is 0 Å². The van der Waals surface area contributed by atoms with Gasteiger partial charge in [0, 0.05) is 5.56 Å². The van der Waals surface area contributed by atoms with Crippen molar-refractivity contribution >= 4 is 33.1 Å². The van der Waals surface area contributed by atoms with Crippen LogP contribution in [-0.4, -0.2) is 24.9 Å². The second kappa shape index (κ2) is 5.01. The number of imidazole rings is 1. The third kappa shape index (κ3) is 2.13. The zero-order chi connectivity index (χ0) is 17.0. The van der Waals surface area contributed by atoms with E-state index in [0.29, 0.717) is 22.4 Å². The van der Waals surface area contributed by atoms with Crippen LogP contribution in [0.1, 0.15) is 5.56 Å². The van der Waals surface area contributed by atoms with Gasteiger partial charge >= 0.3 is 0 Å². The maximum atomic E-state index is 10.6. The van der Waals surface area contributed by atoms with Crippen molar-refractivity contribution in [2.45, 2.75) is 6.92 Å². The minimum Gasteiger partial charge on any atom is -0.428 e. The molecule has 0 atom stereocenters. The summed E-state index contributed by atoms with van der Waals surface area (Å²) in [5, 5.41) is 10.6. The molecule has 0 saturated heterocycles. The average molecular weight is 326 g/mol. The van der Waals surface area contributed by atoms with Gasteiger partial charge in [0.25, 0.3) is 0 Å². The third-order valence-electron chi connectivity index (χ3n) is 4.41. The van der Waals surface area contributed by atoms with Crippen LogP contribution in [0.5, 0.6) is 0 Å². The van der Waals surface area contributed by atoms with Crippen LogP contribution >= 0.6 is 0 Å². The normalized spacial score (nSPS) is 11.6. The molecule has 0 spiro atoms. The van der Waals surface area contributed by atoms with Crippen LogP contribution in [0.25, 0.3) is 44.5 Å². The van der Waals surface area contributed by atoms with Crippen LogP contribution in [0.4, 0.5) is 0 Å². The fourth-order valence-corrected chi connectivity index (χ4v) is 3.08. The van der Waals surface area contributed by atoms with Crippen molar-refractivity contribution < 1.29 is 5.21 Å². The molecule has 2 heterocycles. The van der Waals surface area contributed by atoms with Crippen LogP contribution in [0.15, 0.2) is 60.7 Å². The van der Waals surface area contributed by atoms with Crippen LogP contribution in [0, 0.1) is 6.92 Å². The smallest absolute Gasteiger partial charge is 0.160 e. The van der Waals surface area contributed by atoms with E-state index < -0.39 is 0 Å². The number of hydrogen-bond donors (Lipinski definition) is 1. The Morgan fingerprint density at radius 3 is 2.24 bits per heavy atom. The van der Waals surface area contributed by atoms with E-state index >= 15 is 0 Å². The van der Waals surface area contributed by atoms with Gasteiger partial charge in [0.1, 0.15) is 11.0 Å². The highest BCUT2D eigenvalue weighted by Gasteiger charge is 2.12. The van der Waals surface area contributed by atoms with E-state index in [1.54, 1.807) is 0 Å². The Balaban J connectivity index is 1.78. The molecular weight excluding hydrogens is 312 g/mol. The topological polar surface area (TPSA) is 63.8 Å². The van der Waals surface area contributed by atoms with Crippen LogP contribution in [0.3, 0.4) is 0 Å². The molecule has 0 saturated carbocycles. The Morgan fingerprint density at radius 1 is 0.720 bits per heavy atom. The number of aromatic nitrogens is 4. The van der Waals surface area contributed by atoms with Gasteiger partial charge < -0.3 is 5.21 Å². The Hall–Kier alpha value is -3.47. The van der Waals surface area contributed by atoms with Gasteiger partial charge in [-0.3, -0.25) is 0 Å². The molecule has 0 aliphatic carbocycles. The monoisotopic (exact) mass is 326 g/mol. The van der Waals surface area contributed by atoms with Crippen LogP contribution in [-0.2, 0) is 0 Å². The molecule has 0 aliphatic rings. The molecule has 0 radical (unpaired) electrons. The Bertz CT molecular complexity index is 1260. The zero-order valence-electron chi connectivity index (χ0n) is 13.5. The first kappa shape index (κ1) is 13.9.